The van der Waals surface area contributed by atoms with Gasteiger partial charge >= 0.3 is 0 Å². The Morgan fingerprint density at radius 3 is 2.70 bits per heavy atom. The van der Waals surface area contributed by atoms with Crippen molar-refractivity contribution < 1.29 is 4.52 Å². The summed E-state index contributed by atoms with van der Waals surface area (Å²) in [6, 6.07) is 0. The van der Waals surface area contributed by atoms with Crippen LogP contribution in [0.4, 0.5) is 0 Å². The molecule has 3 heterocycles. The van der Waals surface area contributed by atoms with Gasteiger partial charge in [0.25, 0.3) is 0 Å². The van der Waals surface area contributed by atoms with E-state index in [0.29, 0.717) is 30.6 Å². The van der Waals surface area contributed by atoms with Crippen LogP contribution in [0.1, 0.15) is 23.2 Å². The fourth-order valence-electron chi connectivity index (χ4n) is 2.37. The van der Waals surface area contributed by atoms with Crippen molar-refractivity contribution in [2.75, 3.05) is 0 Å². The molecule has 106 valence electrons. The normalized spacial score (nSPS) is 11.6. The van der Waals surface area contributed by atoms with E-state index in [9.17, 15) is 0 Å². The smallest absolute Gasteiger partial charge is 0.228 e. The number of imidazole rings is 1. The van der Waals surface area contributed by atoms with Crippen LogP contribution in [-0.2, 0) is 25.9 Å². The summed E-state index contributed by atoms with van der Waals surface area (Å²) in [7, 11) is 1.91. The van der Waals surface area contributed by atoms with Crippen molar-refractivity contribution >= 4 is 22.8 Å². The van der Waals surface area contributed by atoms with Gasteiger partial charge in [0.2, 0.25) is 5.89 Å². The molecular formula is C12H15ClN6O. The van der Waals surface area contributed by atoms with E-state index >= 15 is 0 Å². The second-order valence-electron chi connectivity index (χ2n) is 4.68. The molecule has 3 aromatic heterocycles. The van der Waals surface area contributed by atoms with Crippen LogP contribution in [0, 0.1) is 13.8 Å². The molecule has 0 bridgehead atoms. The Hall–Kier alpha value is -1.89. The van der Waals surface area contributed by atoms with Crippen molar-refractivity contribution in [3.05, 3.63) is 23.2 Å². The third kappa shape index (κ3) is 2.07. The van der Waals surface area contributed by atoms with Crippen molar-refractivity contribution in [3.8, 4) is 0 Å². The first-order chi connectivity index (χ1) is 9.60. The highest BCUT2D eigenvalue weighted by Crippen LogP contribution is 2.20. The van der Waals surface area contributed by atoms with Gasteiger partial charge in [0.15, 0.2) is 11.5 Å². The minimum Gasteiger partial charge on any atom is -0.339 e. The zero-order chi connectivity index (χ0) is 14.3. The summed E-state index contributed by atoms with van der Waals surface area (Å²) in [5, 5.41) is 8.17. The summed E-state index contributed by atoms with van der Waals surface area (Å²) >= 11 is 5.99. The van der Waals surface area contributed by atoms with Crippen LogP contribution in [0.15, 0.2) is 4.52 Å². The summed E-state index contributed by atoms with van der Waals surface area (Å²) in [5.74, 6) is 2.44. The molecule has 0 radical (unpaired) electrons. The molecule has 3 rings (SSSR count). The number of aryl methyl sites for hydroxylation is 5. The zero-order valence-electron chi connectivity index (χ0n) is 11.6. The zero-order valence-corrected chi connectivity index (χ0v) is 12.3. The minimum absolute atomic E-state index is 0.358. The highest BCUT2D eigenvalue weighted by atomic mass is 35.5. The lowest BCUT2D eigenvalue weighted by atomic mass is 10.4. The van der Waals surface area contributed by atoms with Crippen molar-refractivity contribution in [3.63, 3.8) is 0 Å². The lowest BCUT2D eigenvalue weighted by Crippen LogP contribution is -2.08. The van der Waals surface area contributed by atoms with E-state index in [1.54, 1.807) is 6.92 Å². The van der Waals surface area contributed by atoms with Crippen molar-refractivity contribution in [2.24, 2.45) is 7.05 Å². The fourth-order valence-corrected chi connectivity index (χ4v) is 2.57. The van der Waals surface area contributed by atoms with Crippen LogP contribution >= 0.6 is 11.6 Å². The van der Waals surface area contributed by atoms with Gasteiger partial charge in [-0.3, -0.25) is 4.68 Å². The molecule has 0 N–H and O–H groups in total. The van der Waals surface area contributed by atoms with E-state index in [4.69, 9.17) is 16.1 Å². The number of fused-ring (bicyclic) bond motifs is 1. The second kappa shape index (κ2) is 4.90. The van der Waals surface area contributed by atoms with Crippen LogP contribution in [-0.4, -0.2) is 29.5 Å². The quantitative estimate of drug-likeness (QED) is 0.685. The van der Waals surface area contributed by atoms with Crippen molar-refractivity contribution in [1.82, 2.24) is 29.5 Å². The summed E-state index contributed by atoms with van der Waals surface area (Å²) in [6.07, 6.45) is 0.639. The van der Waals surface area contributed by atoms with E-state index in [1.165, 1.54) is 0 Å². The Morgan fingerprint density at radius 1 is 1.25 bits per heavy atom. The summed E-state index contributed by atoms with van der Waals surface area (Å²) in [6.45, 7) is 4.43. The van der Waals surface area contributed by atoms with Gasteiger partial charge in [-0.1, -0.05) is 5.16 Å². The molecule has 0 fully saturated rings. The highest BCUT2D eigenvalue weighted by molar-refractivity contribution is 6.16. The Labute approximate surface area is 120 Å². The third-order valence-electron chi connectivity index (χ3n) is 3.21. The monoisotopic (exact) mass is 294 g/mol. The van der Waals surface area contributed by atoms with E-state index in [2.05, 4.69) is 24.8 Å². The molecule has 0 aliphatic heterocycles. The van der Waals surface area contributed by atoms with Gasteiger partial charge in [-0.2, -0.15) is 10.1 Å². The fraction of sp³-hybridized carbons (Fsp3) is 0.500. The Balaban J connectivity index is 1.96. The Bertz CT molecular complexity index is 756. The topological polar surface area (TPSA) is 74.6 Å². The first-order valence-electron chi connectivity index (χ1n) is 6.34. The molecular weight excluding hydrogens is 280 g/mol. The van der Waals surface area contributed by atoms with Crippen LogP contribution in [0.5, 0.6) is 0 Å². The first-order valence-corrected chi connectivity index (χ1v) is 6.87. The number of alkyl halides is 1. The van der Waals surface area contributed by atoms with Crippen LogP contribution in [0.3, 0.4) is 0 Å². The van der Waals surface area contributed by atoms with Gasteiger partial charge in [0.05, 0.1) is 11.6 Å². The average Bonchev–Trinajstić information content (AvgIpc) is 3.05. The Morgan fingerprint density at radius 2 is 2.05 bits per heavy atom. The van der Waals surface area contributed by atoms with E-state index in [1.807, 2.05) is 18.7 Å². The predicted octanol–water partition coefficient (Wildman–Crippen LogP) is 1.75. The number of nitrogens with zero attached hydrogens (tertiary/aromatic N) is 6. The van der Waals surface area contributed by atoms with Crippen LogP contribution < -0.4 is 0 Å². The lowest BCUT2D eigenvalue weighted by molar-refractivity contribution is 0.368. The molecule has 0 unspecified atom stereocenters. The van der Waals surface area contributed by atoms with Gasteiger partial charge in [-0.05, 0) is 13.8 Å². The average molecular weight is 295 g/mol. The van der Waals surface area contributed by atoms with Crippen LogP contribution in [0.25, 0.3) is 11.2 Å². The number of aromatic nitrogens is 6. The molecule has 0 amide bonds. The maximum absolute atomic E-state index is 5.99. The molecule has 0 aliphatic carbocycles. The van der Waals surface area contributed by atoms with Crippen molar-refractivity contribution in [2.45, 2.75) is 32.7 Å². The predicted molar refractivity (Wildman–Crippen MR) is 73.5 cm³/mol. The molecule has 3 aromatic rings. The number of rotatable bonds is 4. The highest BCUT2D eigenvalue weighted by Gasteiger charge is 2.17. The summed E-state index contributed by atoms with van der Waals surface area (Å²) in [4.78, 5) is 8.76. The maximum atomic E-state index is 5.99. The minimum atomic E-state index is 0.358. The number of halogens is 1. The van der Waals surface area contributed by atoms with Gasteiger partial charge < -0.3 is 9.09 Å². The molecule has 0 aliphatic rings. The molecule has 0 saturated carbocycles. The Kier molecular flexibility index (Phi) is 3.21. The van der Waals surface area contributed by atoms with Gasteiger partial charge in [-0.15, -0.1) is 11.6 Å². The molecule has 0 saturated heterocycles. The molecule has 0 spiro atoms. The first kappa shape index (κ1) is 13.1. The molecule has 20 heavy (non-hydrogen) atoms. The van der Waals surface area contributed by atoms with E-state index in [0.717, 1.165) is 22.7 Å². The summed E-state index contributed by atoms with van der Waals surface area (Å²) < 4.78 is 9.02. The number of hydrogen-bond donors (Lipinski definition) is 0. The molecule has 7 nitrogen and oxygen atoms in total. The van der Waals surface area contributed by atoms with E-state index in [-0.39, 0.29) is 0 Å². The van der Waals surface area contributed by atoms with Crippen molar-refractivity contribution in [1.29, 1.82) is 0 Å². The van der Waals surface area contributed by atoms with Crippen LogP contribution in [0.2, 0.25) is 0 Å². The lowest BCUT2D eigenvalue weighted by Gasteiger charge is -2.06. The number of hydrogen-bond acceptors (Lipinski definition) is 5. The maximum Gasteiger partial charge on any atom is 0.228 e. The van der Waals surface area contributed by atoms with Gasteiger partial charge in [0.1, 0.15) is 11.3 Å². The van der Waals surface area contributed by atoms with E-state index < -0.39 is 0 Å². The standard InChI is InChI=1S/C12H15ClN6O/c1-7-11-12(18(3)16-7)19(9(6-13)15-11)5-4-10-14-8(2)17-20-10/h4-6H2,1-3H3. The largest absolute Gasteiger partial charge is 0.339 e. The van der Waals surface area contributed by atoms with Gasteiger partial charge in [-0.25, -0.2) is 4.98 Å². The third-order valence-corrected chi connectivity index (χ3v) is 3.45. The second-order valence-corrected chi connectivity index (χ2v) is 4.95. The molecule has 8 heteroatoms. The van der Waals surface area contributed by atoms with Gasteiger partial charge in [0, 0.05) is 20.0 Å². The molecule has 0 atom stereocenters. The molecule has 0 aromatic carbocycles. The SMILES string of the molecule is Cc1noc(CCn2c(CCl)nc3c(C)nn(C)c32)n1. The summed E-state index contributed by atoms with van der Waals surface area (Å²) in [5.41, 5.74) is 2.76.